The molecule has 0 atom stereocenters. The first-order chi connectivity index (χ1) is 15.6. The summed E-state index contributed by atoms with van der Waals surface area (Å²) in [6.07, 6.45) is 3.05. The molecular formula is C24H21N5O3. The van der Waals surface area contributed by atoms with Crippen molar-refractivity contribution in [3.63, 3.8) is 0 Å². The lowest BCUT2D eigenvalue weighted by Crippen LogP contribution is -2.23. The third-order valence-electron chi connectivity index (χ3n) is 4.91. The number of aromatic nitrogens is 3. The van der Waals surface area contributed by atoms with Crippen molar-refractivity contribution in [3.05, 3.63) is 101 Å². The number of carbonyl (C=O) groups excluding carboxylic acids is 1. The maximum absolute atomic E-state index is 13.4. The highest BCUT2D eigenvalue weighted by Crippen LogP contribution is 2.22. The summed E-state index contributed by atoms with van der Waals surface area (Å²) in [7, 11) is 1.58. The summed E-state index contributed by atoms with van der Waals surface area (Å²) in [5.41, 5.74) is 5.45. The minimum atomic E-state index is -0.390. The van der Waals surface area contributed by atoms with Gasteiger partial charge in [0.1, 0.15) is 5.75 Å². The van der Waals surface area contributed by atoms with E-state index in [-0.39, 0.29) is 11.5 Å². The Bertz CT molecular complexity index is 1310. The fourth-order valence-electron chi connectivity index (χ4n) is 3.26. The summed E-state index contributed by atoms with van der Waals surface area (Å²) >= 11 is 0. The second-order valence-corrected chi connectivity index (χ2v) is 6.94. The molecule has 1 amide bonds. The van der Waals surface area contributed by atoms with Crippen LogP contribution in [0.4, 0.5) is 0 Å². The zero-order chi connectivity index (χ0) is 22.5. The predicted octanol–water partition coefficient (Wildman–Crippen LogP) is 3.39. The van der Waals surface area contributed by atoms with Gasteiger partial charge in [0.15, 0.2) is 0 Å². The van der Waals surface area contributed by atoms with E-state index in [4.69, 9.17) is 4.74 Å². The van der Waals surface area contributed by atoms with Crippen LogP contribution >= 0.6 is 0 Å². The number of methoxy groups -OCH3 is 1. The molecule has 2 aromatic carbocycles. The van der Waals surface area contributed by atoms with Crippen LogP contribution < -0.4 is 15.7 Å². The Morgan fingerprint density at radius 2 is 1.72 bits per heavy atom. The van der Waals surface area contributed by atoms with Crippen molar-refractivity contribution in [1.82, 2.24) is 20.2 Å². The zero-order valence-corrected chi connectivity index (χ0v) is 17.6. The first-order valence-electron chi connectivity index (χ1n) is 9.88. The number of hydrazone groups is 1. The van der Waals surface area contributed by atoms with Crippen LogP contribution in [-0.4, -0.2) is 33.5 Å². The van der Waals surface area contributed by atoms with Crippen molar-refractivity contribution in [3.8, 4) is 22.7 Å². The van der Waals surface area contributed by atoms with Gasteiger partial charge in [0, 0.05) is 23.5 Å². The van der Waals surface area contributed by atoms with Gasteiger partial charge in [-0.15, -0.1) is 0 Å². The molecule has 160 valence electrons. The van der Waals surface area contributed by atoms with Crippen LogP contribution in [0, 0.1) is 0 Å². The Kier molecular flexibility index (Phi) is 5.94. The molecule has 0 unspecified atom stereocenters. The van der Waals surface area contributed by atoms with Crippen molar-refractivity contribution in [1.29, 1.82) is 0 Å². The smallest absolute Gasteiger partial charge is 0.281 e. The first-order valence-corrected chi connectivity index (χ1v) is 9.88. The van der Waals surface area contributed by atoms with E-state index in [1.165, 1.54) is 17.1 Å². The monoisotopic (exact) mass is 427 g/mol. The highest BCUT2D eigenvalue weighted by atomic mass is 16.5. The maximum Gasteiger partial charge on any atom is 0.281 e. The fourth-order valence-corrected chi connectivity index (χ4v) is 3.26. The number of pyridine rings is 1. The number of ether oxygens (including phenoxy) is 1. The Labute approximate surface area is 184 Å². The van der Waals surface area contributed by atoms with Gasteiger partial charge in [-0.25, -0.2) is 10.1 Å². The van der Waals surface area contributed by atoms with Gasteiger partial charge in [-0.05, 0) is 43.3 Å². The van der Waals surface area contributed by atoms with E-state index in [9.17, 15) is 9.59 Å². The first kappa shape index (κ1) is 20.8. The Morgan fingerprint density at radius 1 is 1.03 bits per heavy atom. The third kappa shape index (κ3) is 4.20. The largest absolute Gasteiger partial charge is 0.497 e. The fraction of sp³-hybridized carbons (Fsp3) is 0.0833. The van der Waals surface area contributed by atoms with Crippen LogP contribution in [0.15, 0.2) is 89.0 Å². The number of hydrogen-bond acceptors (Lipinski definition) is 5. The molecule has 4 aromatic rings. The van der Waals surface area contributed by atoms with Gasteiger partial charge < -0.3 is 4.74 Å². The number of hydrogen-bond donors (Lipinski definition) is 2. The van der Waals surface area contributed by atoms with E-state index in [1.54, 1.807) is 50.4 Å². The van der Waals surface area contributed by atoms with Crippen LogP contribution in [-0.2, 0) is 0 Å². The second-order valence-electron chi connectivity index (χ2n) is 6.94. The normalized spacial score (nSPS) is 11.2. The molecule has 8 nitrogen and oxygen atoms in total. The number of benzene rings is 2. The van der Waals surface area contributed by atoms with E-state index >= 15 is 0 Å². The summed E-state index contributed by atoms with van der Waals surface area (Å²) in [6.45, 7) is 1.68. The molecule has 0 aliphatic carbocycles. The van der Waals surface area contributed by atoms with E-state index in [0.717, 1.165) is 5.56 Å². The minimum Gasteiger partial charge on any atom is -0.497 e. The zero-order valence-electron chi connectivity index (χ0n) is 17.6. The molecule has 32 heavy (non-hydrogen) atoms. The van der Waals surface area contributed by atoms with Crippen molar-refractivity contribution < 1.29 is 9.53 Å². The highest BCUT2D eigenvalue weighted by molar-refractivity contribution is 6.04. The number of amides is 1. The van der Waals surface area contributed by atoms with Gasteiger partial charge in [-0.1, -0.05) is 30.3 Å². The van der Waals surface area contributed by atoms with Gasteiger partial charge in [0.2, 0.25) is 0 Å². The van der Waals surface area contributed by atoms with Gasteiger partial charge in [-0.3, -0.25) is 19.7 Å². The molecule has 0 fully saturated rings. The summed E-state index contributed by atoms with van der Waals surface area (Å²) in [6, 6.07) is 19.8. The Hall–Kier alpha value is -4.46. The van der Waals surface area contributed by atoms with Gasteiger partial charge in [0.25, 0.3) is 11.5 Å². The molecule has 2 aromatic heterocycles. The molecule has 2 heterocycles. The molecule has 0 spiro atoms. The lowest BCUT2D eigenvalue weighted by atomic mass is 10.1. The van der Waals surface area contributed by atoms with E-state index in [1.807, 2.05) is 30.3 Å². The average molecular weight is 427 g/mol. The van der Waals surface area contributed by atoms with Gasteiger partial charge >= 0.3 is 0 Å². The Morgan fingerprint density at radius 3 is 2.38 bits per heavy atom. The summed E-state index contributed by atoms with van der Waals surface area (Å²) < 4.78 is 6.65. The average Bonchev–Trinajstić information content (AvgIpc) is 3.20. The lowest BCUT2D eigenvalue weighted by Gasteiger charge is -2.04. The highest BCUT2D eigenvalue weighted by Gasteiger charge is 2.19. The molecule has 4 rings (SSSR count). The number of aromatic amines is 1. The quantitative estimate of drug-likeness (QED) is 0.364. The van der Waals surface area contributed by atoms with Crippen LogP contribution in [0.25, 0.3) is 16.9 Å². The molecule has 0 radical (unpaired) electrons. The summed E-state index contributed by atoms with van der Waals surface area (Å²) in [5.74, 6) is 0.299. The number of nitrogens with zero attached hydrogens (tertiary/aromatic N) is 3. The second kappa shape index (κ2) is 9.13. The van der Waals surface area contributed by atoms with E-state index < -0.39 is 0 Å². The lowest BCUT2D eigenvalue weighted by molar-refractivity contribution is 0.0954. The third-order valence-corrected chi connectivity index (χ3v) is 4.91. The van der Waals surface area contributed by atoms with Gasteiger partial charge in [-0.2, -0.15) is 5.10 Å². The standard InChI is InChI=1S/C24H21N5O3/c1-16(26-27-23(30)18-12-14-25-15-13-18)21-22(17-6-4-3-5-7-17)28-29(24(21)31)19-8-10-20(32-2)11-9-19/h3-15,28H,1-2H3,(H,27,30)/b26-16+. The summed E-state index contributed by atoms with van der Waals surface area (Å²) in [5, 5.41) is 7.38. The van der Waals surface area contributed by atoms with E-state index in [0.29, 0.717) is 34.0 Å². The molecular weight excluding hydrogens is 406 g/mol. The molecule has 0 aliphatic heterocycles. The van der Waals surface area contributed by atoms with Crippen molar-refractivity contribution in [2.24, 2.45) is 5.10 Å². The molecule has 8 heteroatoms. The van der Waals surface area contributed by atoms with Crippen molar-refractivity contribution in [2.75, 3.05) is 7.11 Å². The minimum absolute atomic E-state index is 0.284. The molecule has 2 N–H and O–H groups in total. The van der Waals surface area contributed by atoms with Crippen molar-refractivity contribution in [2.45, 2.75) is 6.92 Å². The number of nitrogens with one attached hydrogen (secondary N) is 2. The summed E-state index contributed by atoms with van der Waals surface area (Å²) in [4.78, 5) is 29.6. The molecule has 0 aliphatic rings. The van der Waals surface area contributed by atoms with Crippen LogP contribution in [0.1, 0.15) is 22.8 Å². The molecule has 0 saturated heterocycles. The van der Waals surface area contributed by atoms with Crippen LogP contribution in [0.2, 0.25) is 0 Å². The van der Waals surface area contributed by atoms with Gasteiger partial charge in [0.05, 0.1) is 29.8 Å². The SMILES string of the molecule is COc1ccc(-n2[nH]c(-c3ccccc3)c(/C(C)=N/NC(=O)c3ccncc3)c2=O)cc1. The number of rotatable bonds is 6. The van der Waals surface area contributed by atoms with Crippen molar-refractivity contribution >= 4 is 11.6 Å². The Balaban J connectivity index is 1.76. The predicted molar refractivity (Wildman–Crippen MR) is 122 cm³/mol. The topological polar surface area (TPSA) is 101 Å². The number of H-pyrrole nitrogens is 1. The van der Waals surface area contributed by atoms with Crippen LogP contribution in [0.3, 0.4) is 0 Å². The molecule has 0 saturated carbocycles. The van der Waals surface area contributed by atoms with Crippen LogP contribution in [0.5, 0.6) is 5.75 Å². The maximum atomic E-state index is 13.4. The molecule has 0 bridgehead atoms. The van der Waals surface area contributed by atoms with E-state index in [2.05, 4.69) is 20.6 Å². The number of carbonyl (C=O) groups is 1.